The number of hydrogen-bond donors (Lipinski definition) is 1. The lowest BCUT2D eigenvalue weighted by Crippen LogP contribution is -2.30. The van der Waals surface area contributed by atoms with Crippen LogP contribution in [-0.2, 0) is 14.6 Å². The first-order valence-electron chi connectivity index (χ1n) is 5.35. The van der Waals surface area contributed by atoms with Crippen LogP contribution in [0.5, 0.6) is 0 Å². The number of carbonyl (C=O) groups is 1. The van der Waals surface area contributed by atoms with Crippen molar-refractivity contribution in [2.75, 3.05) is 11.6 Å². The Morgan fingerprint density at radius 2 is 1.94 bits per heavy atom. The third-order valence-corrected chi connectivity index (χ3v) is 3.95. The van der Waals surface area contributed by atoms with Gasteiger partial charge in [0, 0.05) is 5.75 Å². The summed E-state index contributed by atoms with van der Waals surface area (Å²) < 4.78 is 22.4. The van der Waals surface area contributed by atoms with Gasteiger partial charge in [-0.1, -0.05) is 48.9 Å². The molecule has 1 aromatic carbocycles. The van der Waals surface area contributed by atoms with Gasteiger partial charge in [-0.25, -0.2) is 8.42 Å². The van der Waals surface area contributed by atoms with Crippen molar-refractivity contribution < 1.29 is 13.2 Å². The molecule has 1 amide bonds. The van der Waals surface area contributed by atoms with Crippen LogP contribution >= 0.6 is 11.6 Å². The van der Waals surface area contributed by atoms with Crippen LogP contribution in [0.25, 0.3) is 6.08 Å². The van der Waals surface area contributed by atoms with E-state index >= 15 is 0 Å². The van der Waals surface area contributed by atoms with E-state index in [1.165, 1.54) is 13.0 Å². The summed E-state index contributed by atoms with van der Waals surface area (Å²) in [5.74, 6) is -1.02. The Morgan fingerprint density at radius 1 is 1.33 bits per heavy atom. The number of hydrogen-bond acceptors (Lipinski definition) is 3. The van der Waals surface area contributed by atoms with E-state index in [0.717, 1.165) is 5.56 Å². The van der Waals surface area contributed by atoms with Crippen molar-refractivity contribution in [3.63, 3.8) is 0 Å². The molecule has 0 aromatic heterocycles. The van der Waals surface area contributed by atoms with Crippen molar-refractivity contribution in [3.05, 3.63) is 40.9 Å². The molecule has 0 saturated heterocycles. The highest BCUT2D eigenvalue weighted by atomic mass is 35.5. The minimum atomic E-state index is -3.24. The highest BCUT2D eigenvalue weighted by Gasteiger charge is 2.11. The maximum Gasteiger partial charge on any atom is 0.263 e. The standard InChI is InChI=1S/C12H14ClNO3S/c1-2-18(16,17)9-14-12(15)11(13)8-10-6-4-3-5-7-10/h3-8H,2,9H2,1H3,(H,14,15). The SMILES string of the molecule is CCS(=O)(=O)CNC(=O)C(Cl)=Cc1ccccc1. The predicted molar refractivity (Wildman–Crippen MR) is 72.7 cm³/mol. The summed E-state index contributed by atoms with van der Waals surface area (Å²) in [6.07, 6.45) is 1.48. The zero-order valence-corrected chi connectivity index (χ0v) is 11.5. The molecule has 4 nitrogen and oxygen atoms in total. The van der Waals surface area contributed by atoms with Gasteiger partial charge in [-0.3, -0.25) is 4.79 Å². The van der Waals surface area contributed by atoms with Crippen molar-refractivity contribution in [3.8, 4) is 0 Å². The summed E-state index contributed by atoms with van der Waals surface area (Å²) >= 11 is 5.79. The third kappa shape index (κ3) is 4.89. The molecule has 98 valence electrons. The number of benzene rings is 1. The van der Waals surface area contributed by atoms with Crippen molar-refractivity contribution in [2.24, 2.45) is 0 Å². The highest BCUT2D eigenvalue weighted by Crippen LogP contribution is 2.10. The van der Waals surface area contributed by atoms with Gasteiger partial charge in [-0.15, -0.1) is 0 Å². The number of nitrogens with one attached hydrogen (secondary N) is 1. The first-order valence-corrected chi connectivity index (χ1v) is 7.55. The molecular weight excluding hydrogens is 274 g/mol. The fourth-order valence-electron chi connectivity index (χ4n) is 1.12. The Kier molecular flexibility index (Phi) is 5.37. The Hall–Kier alpha value is -1.33. The molecule has 0 radical (unpaired) electrons. The van der Waals surface area contributed by atoms with Crippen LogP contribution in [0.3, 0.4) is 0 Å². The fourth-order valence-corrected chi connectivity index (χ4v) is 1.87. The Balaban J connectivity index is 2.65. The molecule has 0 spiro atoms. The van der Waals surface area contributed by atoms with E-state index in [9.17, 15) is 13.2 Å². The van der Waals surface area contributed by atoms with Crippen molar-refractivity contribution in [1.82, 2.24) is 5.32 Å². The van der Waals surface area contributed by atoms with Gasteiger partial charge in [0.15, 0.2) is 9.84 Å². The average molecular weight is 288 g/mol. The largest absolute Gasteiger partial charge is 0.337 e. The van der Waals surface area contributed by atoms with Gasteiger partial charge in [0.2, 0.25) is 0 Å². The van der Waals surface area contributed by atoms with Crippen LogP contribution in [0.15, 0.2) is 35.4 Å². The van der Waals surface area contributed by atoms with Crippen molar-refractivity contribution in [2.45, 2.75) is 6.92 Å². The zero-order valence-electron chi connectivity index (χ0n) is 9.89. The zero-order chi connectivity index (χ0) is 13.6. The van der Waals surface area contributed by atoms with Gasteiger partial charge in [-0.05, 0) is 11.6 Å². The average Bonchev–Trinajstić information content (AvgIpc) is 2.37. The van der Waals surface area contributed by atoms with Gasteiger partial charge in [-0.2, -0.15) is 0 Å². The Labute approximate surface area is 112 Å². The summed E-state index contributed by atoms with van der Waals surface area (Å²) in [6.45, 7) is 1.52. The molecule has 0 heterocycles. The molecule has 0 aliphatic carbocycles. The number of carbonyl (C=O) groups excluding carboxylic acids is 1. The topological polar surface area (TPSA) is 63.2 Å². The molecule has 6 heteroatoms. The van der Waals surface area contributed by atoms with Gasteiger partial charge < -0.3 is 5.32 Å². The third-order valence-electron chi connectivity index (χ3n) is 2.20. The monoisotopic (exact) mass is 287 g/mol. The molecule has 0 bridgehead atoms. The van der Waals surface area contributed by atoms with Gasteiger partial charge in [0.05, 0.1) is 0 Å². The van der Waals surface area contributed by atoms with Crippen LogP contribution < -0.4 is 5.32 Å². The minimum Gasteiger partial charge on any atom is -0.337 e. The summed E-state index contributed by atoms with van der Waals surface area (Å²) in [7, 11) is -3.24. The number of amides is 1. The Morgan fingerprint density at radius 3 is 2.50 bits per heavy atom. The van der Waals surface area contributed by atoms with Crippen molar-refractivity contribution >= 4 is 33.4 Å². The summed E-state index contributed by atoms with van der Waals surface area (Å²) in [5.41, 5.74) is 0.774. The Bertz CT molecular complexity index is 538. The molecule has 1 aromatic rings. The maximum absolute atomic E-state index is 11.5. The minimum absolute atomic E-state index is 0.0205. The molecule has 0 aliphatic heterocycles. The second-order valence-electron chi connectivity index (χ2n) is 3.59. The smallest absolute Gasteiger partial charge is 0.263 e. The van der Waals surface area contributed by atoms with E-state index in [-0.39, 0.29) is 10.8 Å². The highest BCUT2D eigenvalue weighted by molar-refractivity contribution is 7.91. The molecule has 18 heavy (non-hydrogen) atoms. The summed E-state index contributed by atoms with van der Waals surface area (Å²) in [6, 6.07) is 9.06. The normalized spacial score (nSPS) is 12.2. The number of rotatable bonds is 5. The molecule has 0 aliphatic rings. The number of sulfone groups is 1. The van der Waals surface area contributed by atoms with Gasteiger partial charge in [0.1, 0.15) is 10.9 Å². The van der Waals surface area contributed by atoms with Crippen LogP contribution in [0.4, 0.5) is 0 Å². The van der Waals surface area contributed by atoms with E-state index in [1.807, 2.05) is 18.2 Å². The number of halogens is 1. The molecule has 0 unspecified atom stereocenters. The molecule has 1 rings (SSSR count). The molecule has 1 N–H and O–H groups in total. The van der Waals surface area contributed by atoms with Crippen molar-refractivity contribution in [1.29, 1.82) is 0 Å². The van der Waals surface area contributed by atoms with Crippen LogP contribution in [-0.4, -0.2) is 26.0 Å². The quantitative estimate of drug-likeness (QED) is 0.840. The molecular formula is C12H14ClNO3S. The fraction of sp³-hybridized carbons (Fsp3) is 0.250. The second kappa shape index (κ2) is 6.56. The lowest BCUT2D eigenvalue weighted by molar-refractivity contribution is -0.116. The lowest BCUT2D eigenvalue weighted by Gasteiger charge is -2.04. The van der Waals surface area contributed by atoms with Crippen LogP contribution in [0.2, 0.25) is 0 Å². The van der Waals surface area contributed by atoms with E-state index in [0.29, 0.717) is 0 Å². The van der Waals surface area contributed by atoms with E-state index in [2.05, 4.69) is 5.32 Å². The molecule has 0 fully saturated rings. The maximum atomic E-state index is 11.5. The van der Waals surface area contributed by atoms with E-state index in [1.54, 1.807) is 12.1 Å². The first-order chi connectivity index (χ1) is 8.44. The van der Waals surface area contributed by atoms with Gasteiger partial charge in [0.25, 0.3) is 5.91 Å². The second-order valence-corrected chi connectivity index (χ2v) is 6.35. The predicted octanol–water partition coefficient (Wildman–Crippen LogP) is 1.77. The van der Waals surface area contributed by atoms with Crippen LogP contribution in [0.1, 0.15) is 12.5 Å². The first kappa shape index (κ1) is 14.7. The van der Waals surface area contributed by atoms with E-state index < -0.39 is 21.6 Å². The van der Waals surface area contributed by atoms with Gasteiger partial charge >= 0.3 is 0 Å². The summed E-state index contributed by atoms with van der Waals surface area (Å²) in [5, 5.41) is 2.22. The lowest BCUT2D eigenvalue weighted by atomic mass is 10.2. The van der Waals surface area contributed by atoms with Crippen LogP contribution in [0, 0.1) is 0 Å². The molecule has 0 saturated carbocycles. The molecule has 0 atom stereocenters. The summed E-state index contributed by atoms with van der Waals surface area (Å²) in [4.78, 5) is 11.5. The van der Waals surface area contributed by atoms with E-state index in [4.69, 9.17) is 11.6 Å².